The van der Waals surface area contributed by atoms with Crippen LogP contribution in [0.15, 0.2) is 52.3 Å². The van der Waals surface area contributed by atoms with Gasteiger partial charge in [-0.2, -0.15) is 0 Å². The van der Waals surface area contributed by atoms with Gasteiger partial charge in [0.2, 0.25) is 5.88 Å². The molecule has 0 aliphatic heterocycles. The summed E-state index contributed by atoms with van der Waals surface area (Å²) in [6.45, 7) is 11.6. The number of nitrogens with two attached hydrogens (primary N) is 2. The monoisotopic (exact) mass is 466 g/mol. The average molecular weight is 467 g/mol. The molecule has 3 aromatic rings. The number of nitrogen functional groups attached to an aromatic ring is 1. The number of hydrogen-bond acceptors (Lipinski definition) is 6. The summed E-state index contributed by atoms with van der Waals surface area (Å²) in [6, 6.07) is 11.7. The fourth-order valence-electron chi connectivity index (χ4n) is 3.66. The second-order valence-electron chi connectivity index (χ2n) is 9.26. The third kappa shape index (κ3) is 4.85. The van der Waals surface area contributed by atoms with Crippen LogP contribution in [0.1, 0.15) is 53.5 Å². The third-order valence-electron chi connectivity index (χ3n) is 5.27. The van der Waals surface area contributed by atoms with E-state index in [2.05, 4.69) is 4.98 Å². The number of nitrogens with one attached hydrogen (secondary N) is 1. The molecule has 1 heterocycles. The molecule has 1 amide bonds. The molecule has 0 bridgehead atoms. The molecule has 1 unspecified atom stereocenters. The third-order valence-corrected chi connectivity index (χ3v) is 7.13. The van der Waals surface area contributed by atoms with Gasteiger partial charge in [0.05, 0.1) is 15.5 Å². The number of carbonyl (C=O) groups is 1. The topological polar surface area (TPSA) is 132 Å². The van der Waals surface area contributed by atoms with Crippen LogP contribution in [-0.4, -0.2) is 15.1 Å². The SMILES string of the molecule is Cc1cc(C)c(Oc2nc(C(C)(C)C)cc(S(=N)(=O)c3cccc(N)c3)c2C(N)=O)c(C)c1. The van der Waals surface area contributed by atoms with Crippen molar-refractivity contribution in [2.24, 2.45) is 5.73 Å². The minimum Gasteiger partial charge on any atom is -0.438 e. The standard InChI is InChI=1S/C25H30N4O3S/c1-14-10-15(2)22(16(3)11-14)32-24-21(23(27)30)19(13-20(29-24)25(4,5)6)33(28,31)18-9-7-8-17(26)12-18/h7-13,28H,26H2,1-6H3,(H2,27,30). The van der Waals surface area contributed by atoms with Gasteiger partial charge in [-0.1, -0.05) is 44.5 Å². The number of carbonyl (C=O) groups excluding carboxylic acids is 1. The molecule has 8 heteroatoms. The molecule has 2 aromatic carbocycles. The number of aryl methyl sites for hydroxylation is 3. The van der Waals surface area contributed by atoms with Crippen molar-refractivity contribution in [1.82, 2.24) is 4.98 Å². The maximum atomic E-state index is 13.8. The highest BCUT2D eigenvalue weighted by Crippen LogP contribution is 2.37. The van der Waals surface area contributed by atoms with Gasteiger partial charge in [0.15, 0.2) is 0 Å². The van der Waals surface area contributed by atoms with E-state index in [9.17, 15) is 9.00 Å². The van der Waals surface area contributed by atoms with E-state index < -0.39 is 21.1 Å². The van der Waals surface area contributed by atoms with E-state index in [1.807, 2.05) is 53.7 Å². The van der Waals surface area contributed by atoms with Crippen molar-refractivity contribution in [3.05, 3.63) is 70.4 Å². The smallest absolute Gasteiger partial charge is 0.255 e. The van der Waals surface area contributed by atoms with E-state index >= 15 is 0 Å². The number of nitrogens with zero attached hydrogens (tertiary/aromatic N) is 1. The number of aromatic nitrogens is 1. The minimum atomic E-state index is -3.66. The Balaban J connectivity index is 2.36. The van der Waals surface area contributed by atoms with Gasteiger partial charge in [0.25, 0.3) is 5.91 Å². The van der Waals surface area contributed by atoms with Crippen molar-refractivity contribution in [3.8, 4) is 11.6 Å². The average Bonchev–Trinajstić information content (AvgIpc) is 2.69. The van der Waals surface area contributed by atoms with Crippen LogP contribution in [0.5, 0.6) is 11.6 Å². The zero-order chi connectivity index (χ0) is 24.7. The van der Waals surface area contributed by atoms with Gasteiger partial charge in [0, 0.05) is 11.1 Å². The summed E-state index contributed by atoms with van der Waals surface area (Å²) in [6.07, 6.45) is 0. The van der Waals surface area contributed by atoms with Crippen LogP contribution in [0.25, 0.3) is 0 Å². The van der Waals surface area contributed by atoms with Crippen molar-refractivity contribution in [1.29, 1.82) is 4.78 Å². The highest BCUT2D eigenvalue weighted by Gasteiger charge is 2.30. The maximum absolute atomic E-state index is 13.8. The summed E-state index contributed by atoms with van der Waals surface area (Å²) >= 11 is 0. The van der Waals surface area contributed by atoms with Gasteiger partial charge < -0.3 is 16.2 Å². The Kier molecular flexibility index (Phi) is 6.26. The van der Waals surface area contributed by atoms with Crippen LogP contribution in [0.3, 0.4) is 0 Å². The molecule has 0 aliphatic rings. The lowest BCUT2D eigenvalue weighted by atomic mass is 9.91. The normalized spacial score (nSPS) is 13.4. The maximum Gasteiger partial charge on any atom is 0.255 e. The number of anilines is 1. The van der Waals surface area contributed by atoms with Gasteiger partial charge in [-0.25, -0.2) is 14.0 Å². The Bertz CT molecular complexity index is 1330. The molecule has 33 heavy (non-hydrogen) atoms. The molecule has 7 nitrogen and oxygen atoms in total. The van der Waals surface area contributed by atoms with Crippen LogP contribution in [0.2, 0.25) is 0 Å². The summed E-state index contributed by atoms with van der Waals surface area (Å²) in [5, 5.41) is 0. The highest BCUT2D eigenvalue weighted by molar-refractivity contribution is 7.92. The number of ether oxygens (including phenoxy) is 1. The number of rotatable bonds is 5. The molecule has 0 radical (unpaired) electrons. The Labute approximate surface area is 195 Å². The van der Waals surface area contributed by atoms with Crippen molar-refractivity contribution < 1.29 is 13.7 Å². The lowest BCUT2D eigenvalue weighted by molar-refractivity contribution is 0.0994. The summed E-state index contributed by atoms with van der Waals surface area (Å²) in [7, 11) is -3.66. The van der Waals surface area contributed by atoms with Crippen molar-refractivity contribution in [2.45, 2.75) is 56.7 Å². The van der Waals surface area contributed by atoms with Crippen LogP contribution in [0, 0.1) is 25.6 Å². The fraction of sp³-hybridized carbons (Fsp3) is 0.280. The molecule has 5 N–H and O–H groups in total. The van der Waals surface area contributed by atoms with E-state index in [-0.39, 0.29) is 21.2 Å². The lowest BCUT2D eigenvalue weighted by Crippen LogP contribution is -2.22. The Morgan fingerprint density at radius 3 is 2.18 bits per heavy atom. The minimum absolute atomic E-state index is 0.0436. The van der Waals surface area contributed by atoms with Gasteiger partial charge in [-0.15, -0.1) is 0 Å². The molecular formula is C25H30N4O3S. The number of amides is 1. The number of benzene rings is 2. The lowest BCUT2D eigenvalue weighted by Gasteiger charge is -2.23. The Hall–Kier alpha value is -3.39. The molecule has 3 rings (SSSR count). The Morgan fingerprint density at radius 2 is 1.67 bits per heavy atom. The Morgan fingerprint density at radius 1 is 1.06 bits per heavy atom. The second-order valence-corrected chi connectivity index (χ2v) is 11.3. The van der Waals surface area contributed by atoms with Gasteiger partial charge in [-0.05, 0) is 56.2 Å². The fourth-order valence-corrected chi connectivity index (χ4v) is 5.23. The van der Waals surface area contributed by atoms with E-state index in [0.717, 1.165) is 16.7 Å². The number of pyridine rings is 1. The van der Waals surface area contributed by atoms with Crippen molar-refractivity contribution >= 4 is 21.3 Å². The summed E-state index contributed by atoms with van der Waals surface area (Å²) in [5.74, 6) is -0.406. The first kappa shape index (κ1) is 24.3. The zero-order valence-electron chi connectivity index (χ0n) is 19.8. The van der Waals surface area contributed by atoms with Gasteiger partial charge in [-0.3, -0.25) is 4.79 Å². The summed E-state index contributed by atoms with van der Waals surface area (Å²) < 4.78 is 28.8. The summed E-state index contributed by atoms with van der Waals surface area (Å²) in [5.41, 5.74) is 14.6. The quantitative estimate of drug-likeness (QED) is 0.442. The summed E-state index contributed by atoms with van der Waals surface area (Å²) in [4.78, 5) is 17.4. The second kappa shape index (κ2) is 8.51. The van der Waals surface area contributed by atoms with E-state index in [1.54, 1.807) is 18.2 Å². The predicted octanol–water partition coefficient (Wildman–Crippen LogP) is 5.24. The van der Waals surface area contributed by atoms with Crippen LogP contribution >= 0.6 is 0 Å². The highest BCUT2D eigenvalue weighted by atomic mass is 32.2. The number of primary amides is 1. The first-order valence-corrected chi connectivity index (χ1v) is 12.0. The van der Waals surface area contributed by atoms with E-state index in [0.29, 0.717) is 17.1 Å². The molecule has 0 spiro atoms. The van der Waals surface area contributed by atoms with Crippen LogP contribution < -0.4 is 16.2 Å². The molecule has 1 aromatic heterocycles. The van der Waals surface area contributed by atoms with E-state index in [1.165, 1.54) is 12.1 Å². The molecular weight excluding hydrogens is 436 g/mol. The molecule has 0 aliphatic carbocycles. The van der Waals surface area contributed by atoms with Crippen LogP contribution in [-0.2, 0) is 15.1 Å². The predicted molar refractivity (Wildman–Crippen MR) is 130 cm³/mol. The molecule has 0 saturated heterocycles. The van der Waals surface area contributed by atoms with Gasteiger partial charge >= 0.3 is 0 Å². The molecule has 1 atom stereocenters. The number of hydrogen-bond donors (Lipinski definition) is 3. The molecule has 0 saturated carbocycles. The molecule has 0 fully saturated rings. The molecule has 174 valence electrons. The first-order chi connectivity index (χ1) is 15.2. The van der Waals surface area contributed by atoms with Crippen molar-refractivity contribution in [2.75, 3.05) is 5.73 Å². The first-order valence-electron chi connectivity index (χ1n) is 10.5. The van der Waals surface area contributed by atoms with E-state index in [4.69, 9.17) is 21.0 Å². The van der Waals surface area contributed by atoms with Crippen LogP contribution in [0.4, 0.5) is 5.69 Å². The van der Waals surface area contributed by atoms with Gasteiger partial charge in [0.1, 0.15) is 21.0 Å². The largest absolute Gasteiger partial charge is 0.438 e. The van der Waals surface area contributed by atoms with Crippen molar-refractivity contribution in [3.63, 3.8) is 0 Å². The zero-order valence-corrected chi connectivity index (χ0v) is 20.6.